The van der Waals surface area contributed by atoms with E-state index in [0.29, 0.717) is 0 Å². The van der Waals surface area contributed by atoms with Gasteiger partial charge in [0.05, 0.1) is 0 Å². The highest BCUT2D eigenvalue weighted by atomic mass is 16.2. The molecule has 1 amide bonds. The molecule has 2 N–H and O–H groups in total. The predicted octanol–water partition coefficient (Wildman–Crippen LogP) is 1.29. The van der Waals surface area contributed by atoms with Gasteiger partial charge in [-0.3, -0.25) is 9.89 Å². The van der Waals surface area contributed by atoms with Crippen LogP contribution >= 0.6 is 0 Å². The zero-order valence-electron chi connectivity index (χ0n) is 9.62. The Kier molecular flexibility index (Phi) is 3.54. The molecule has 0 spiro atoms. The molecule has 1 aromatic heterocycles. The van der Waals surface area contributed by atoms with Gasteiger partial charge in [0.25, 0.3) is 5.91 Å². The van der Waals surface area contributed by atoms with Crippen LogP contribution in [0, 0.1) is 5.92 Å². The second-order valence-electron chi connectivity index (χ2n) is 4.34. The maximum Gasteiger partial charge on any atom is 0.290 e. The fourth-order valence-corrected chi connectivity index (χ4v) is 1.62. The Labute approximate surface area is 95.0 Å². The quantitative estimate of drug-likeness (QED) is 0.761. The van der Waals surface area contributed by atoms with Gasteiger partial charge in [0.2, 0.25) is 5.82 Å². The zero-order valence-corrected chi connectivity index (χ0v) is 9.62. The number of amides is 1. The molecule has 0 radical (unpaired) electrons. The molecule has 0 aromatic carbocycles. The third-order valence-corrected chi connectivity index (χ3v) is 2.76. The predicted molar refractivity (Wildman–Crippen MR) is 60.1 cm³/mol. The minimum Gasteiger partial charge on any atom is -0.349 e. The third-order valence-electron chi connectivity index (χ3n) is 2.76. The second kappa shape index (κ2) is 5.09. The SMILES string of the molecule is CCCc1nc(C(=O)NCCC2CC2)n[nH]1. The molecule has 16 heavy (non-hydrogen) atoms. The van der Waals surface area contributed by atoms with E-state index in [1.807, 2.05) is 0 Å². The highest BCUT2D eigenvalue weighted by Gasteiger charge is 2.21. The Balaban J connectivity index is 1.77. The molecule has 1 aliphatic rings. The molecule has 0 aliphatic heterocycles. The van der Waals surface area contributed by atoms with Crippen LogP contribution in [0.3, 0.4) is 0 Å². The minimum absolute atomic E-state index is 0.167. The van der Waals surface area contributed by atoms with Crippen LogP contribution in [-0.4, -0.2) is 27.6 Å². The normalized spacial score (nSPS) is 15.1. The van der Waals surface area contributed by atoms with Gasteiger partial charge in [-0.1, -0.05) is 19.8 Å². The summed E-state index contributed by atoms with van der Waals surface area (Å²) in [4.78, 5) is 15.7. The fraction of sp³-hybridized carbons (Fsp3) is 0.727. The largest absolute Gasteiger partial charge is 0.349 e. The number of hydrogen-bond acceptors (Lipinski definition) is 3. The van der Waals surface area contributed by atoms with Gasteiger partial charge in [0.15, 0.2) is 0 Å². The fourth-order valence-electron chi connectivity index (χ4n) is 1.62. The van der Waals surface area contributed by atoms with Gasteiger partial charge in [-0.25, -0.2) is 4.98 Å². The smallest absolute Gasteiger partial charge is 0.290 e. The van der Waals surface area contributed by atoms with Crippen molar-refractivity contribution in [2.75, 3.05) is 6.54 Å². The minimum atomic E-state index is -0.167. The van der Waals surface area contributed by atoms with Crippen LogP contribution in [0.1, 0.15) is 49.1 Å². The lowest BCUT2D eigenvalue weighted by Crippen LogP contribution is -2.25. The van der Waals surface area contributed by atoms with Crippen molar-refractivity contribution in [1.82, 2.24) is 20.5 Å². The number of nitrogens with one attached hydrogen (secondary N) is 2. The Morgan fingerprint density at radius 2 is 2.38 bits per heavy atom. The standard InChI is InChI=1S/C11H18N4O/c1-2-3-9-13-10(15-14-9)11(16)12-7-6-8-4-5-8/h8H,2-7H2,1H3,(H,12,16)(H,13,14,15). The molecular weight excluding hydrogens is 204 g/mol. The molecular formula is C11H18N4O. The number of hydrogen-bond donors (Lipinski definition) is 2. The summed E-state index contributed by atoms with van der Waals surface area (Å²) >= 11 is 0. The van der Waals surface area contributed by atoms with Gasteiger partial charge >= 0.3 is 0 Å². The summed E-state index contributed by atoms with van der Waals surface area (Å²) in [7, 11) is 0. The first-order valence-electron chi connectivity index (χ1n) is 5.99. The van der Waals surface area contributed by atoms with E-state index in [1.165, 1.54) is 12.8 Å². The second-order valence-corrected chi connectivity index (χ2v) is 4.34. The van der Waals surface area contributed by atoms with Gasteiger partial charge < -0.3 is 5.32 Å². The first-order chi connectivity index (χ1) is 7.79. The van der Waals surface area contributed by atoms with E-state index in [9.17, 15) is 4.79 Å². The Morgan fingerprint density at radius 3 is 3.06 bits per heavy atom. The van der Waals surface area contributed by atoms with Crippen LogP contribution in [0.4, 0.5) is 0 Å². The summed E-state index contributed by atoms with van der Waals surface area (Å²) in [6.45, 7) is 2.80. The van der Waals surface area contributed by atoms with Crippen LogP contribution in [0.5, 0.6) is 0 Å². The van der Waals surface area contributed by atoms with Crippen molar-refractivity contribution < 1.29 is 4.79 Å². The van der Waals surface area contributed by atoms with Crippen LogP contribution in [0.15, 0.2) is 0 Å². The average Bonchev–Trinajstić information content (AvgIpc) is 2.97. The number of nitrogens with zero attached hydrogens (tertiary/aromatic N) is 2. The Bertz CT molecular complexity index is 357. The molecule has 1 aliphatic carbocycles. The lowest BCUT2D eigenvalue weighted by molar-refractivity contribution is 0.0942. The van der Waals surface area contributed by atoms with E-state index in [1.54, 1.807) is 0 Å². The van der Waals surface area contributed by atoms with Crippen molar-refractivity contribution in [1.29, 1.82) is 0 Å². The molecule has 5 heteroatoms. The van der Waals surface area contributed by atoms with Crippen LogP contribution < -0.4 is 5.32 Å². The summed E-state index contributed by atoms with van der Waals surface area (Å²) in [5.74, 6) is 1.72. The summed E-state index contributed by atoms with van der Waals surface area (Å²) in [6.07, 6.45) is 5.55. The molecule has 5 nitrogen and oxygen atoms in total. The summed E-state index contributed by atoms with van der Waals surface area (Å²) < 4.78 is 0. The van der Waals surface area contributed by atoms with Crippen molar-refractivity contribution >= 4 is 5.91 Å². The van der Waals surface area contributed by atoms with Crippen LogP contribution in [0.25, 0.3) is 0 Å². The van der Waals surface area contributed by atoms with Crippen molar-refractivity contribution in [3.8, 4) is 0 Å². The number of aromatic amines is 1. The first kappa shape index (κ1) is 11.1. The highest BCUT2D eigenvalue weighted by Crippen LogP contribution is 2.31. The molecule has 2 rings (SSSR count). The molecule has 0 saturated heterocycles. The number of aromatic nitrogens is 3. The van der Waals surface area contributed by atoms with E-state index in [-0.39, 0.29) is 11.7 Å². The molecule has 0 bridgehead atoms. The molecule has 1 heterocycles. The molecule has 1 aromatic rings. The van der Waals surface area contributed by atoms with Crippen molar-refractivity contribution in [2.45, 2.75) is 39.0 Å². The van der Waals surface area contributed by atoms with Gasteiger partial charge in [-0.2, -0.15) is 0 Å². The number of rotatable bonds is 6. The van der Waals surface area contributed by atoms with E-state index < -0.39 is 0 Å². The van der Waals surface area contributed by atoms with Crippen LogP contribution in [-0.2, 0) is 6.42 Å². The van der Waals surface area contributed by atoms with Crippen molar-refractivity contribution in [3.05, 3.63) is 11.6 Å². The first-order valence-corrected chi connectivity index (χ1v) is 5.99. The molecule has 1 saturated carbocycles. The monoisotopic (exact) mass is 222 g/mol. The van der Waals surface area contributed by atoms with E-state index in [4.69, 9.17) is 0 Å². The Hall–Kier alpha value is -1.39. The lowest BCUT2D eigenvalue weighted by Gasteiger charge is -2.00. The maximum atomic E-state index is 11.6. The number of carbonyl (C=O) groups excluding carboxylic acids is 1. The third kappa shape index (κ3) is 3.05. The van der Waals surface area contributed by atoms with Gasteiger partial charge in [0, 0.05) is 13.0 Å². The maximum absolute atomic E-state index is 11.6. The average molecular weight is 222 g/mol. The zero-order chi connectivity index (χ0) is 11.4. The van der Waals surface area contributed by atoms with Gasteiger partial charge in [0.1, 0.15) is 5.82 Å². The highest BCUT2D eigenvalue weighted by molar-refractivity contribution is 5.90. The number of H-pyrrole nitrogens is 1. The van der Waals surface area contributed by atoms with Gasteiger partial charge in [-0.15, -0.1) is 5.10 Å². The molecule has 0 atom stereocenters. The Morgan fingerprint density at radius 1 is 1.56 bits per heavy atom. The number of aryl methyl sites for hydroxylation is 1. The lowest BCUT2D eigenvalue weighted by atomic mass is 10.3. The molecule has 88 valence electrons. The topological polar surface area (TPSA) is 70.7 Å². The van der Waals surface area contributed by atoms with E-state index in [2.05, 4.69) is 27.4 Å². The van der Waals surface area contributed by atoms with Crippen molar-refractivity contribution in [3.63, 3.8) is 0 Å². The van der Waals surface area contributed by atoms with E-state index >= 15 is 0 Å². The molecule has 1 fully saturated rings. The van der Waals surface area contributed by atoms with Crippen molar-refractivity contribution in [2.24, 2.45) is 5.92 Å². The summed E-state index contributed by atoms with van der Waals surface area (Å²) in [5, 5.41) is 9.52. The molecule has 0 unspecified atom stereocenters. The van der Waals surface area contributed by atoms with Gasteiger partial charge in [-0.05, 0) is 18.8 Å². The summed E-state index contributed by atoms with van der Waals surface area (Å²) in [6, 6.07) is 0. The number of carbonyl (C=O) groups is 1. The van der Waals surface area contributed by atoms with E-state index in [0.717, 1.165) is 37.5 Å². The summed E-state index contributed by atoms with van der Waals surface area (Å²) in [5.41, 5.74) is 0. The van der Waals surface area contributed by atoms with Crippen LogP contribution in [0.2, 0.25) is 0 Å².